The monoisotopic (exact) mass is 356 g/mol. The Hall–Kier alpha value is -2.44. The van der Waals surface area contributed by atoms with Crippen molar-refractivity contribution < 1.29 is 9.53 Å². The Morgan fingerprint density at radius 3 is 2.67 bits per heavy atom. The molecule has 2 aromatic carbocycles. The van der Waals surface area contributed by atoms with Crippen molar-refractivity contribution in [1.29, 1.82) is 0 Å². The van der Waals surface area contributed by atoms with E-state index in [-0.39, 0.29) is 5.97 Å². The molecule has 0 radical (unpaired) electrons. The van der Waals surface area contributed by atoms with Crippen LogP contribution in [0.5, 0.6) is 0 Å². The fourth-order valence-electron chi connectivity index (χ4n) is 2.46. The molecule has 1 aromatic heterocycles. The van der Waals surface area contributed by atoms with Crippen LogP contribution >= 0.6 is 23.6 Å². The van der Waals surface area contributed by atoms with Crippen LogP contribution in [-0.2, 0) is 4.74 Å². The number of nitrogens with one attached hydrogen (secondary N) is 2. The molecule has 0 aliphatic carbocycles. The second kappa shape index (κ2) is 6.98. The van der Waals surface area contributed by atoms with Gasteiger partial charge in [-0.05, 0) is 36.7 Å². The van der Waals surface area contributed by atoms with Crippen LogP contribution in [0.4, 0.5) is 10.7 Å². The van der Waals surface area contributed by atoms with Crippen molar-refractivity contribution in [3.8, 4) is 0 Å². The highest BCUT2D eigenvalue weighted by molar-refractivity contribution is 7.80. The van der Waals surface area contributed by atoms with Crippen molar-refractivity contribution in [3.63, 3.8) is 0 Å². The standard InChI is InChI=1S/C18H16N2O2S2/c1-11-10-14(17(21)22-2)16(24-11)20-18(23)19-15-9-5-7-12-6-3-4-8-13(12)15/h3-10H,1-2H3,(H2,19,20,23). The number of hydrogen-bond acceptors (Lipinski definition) is 4. The van der Waals surface area contributed by atoms with Crippen molar-refractivity contribution in [2.75, 3.05) is 17.7 Å². The van der Waals surface area contributed by atoms with Gasteiger partial charge in [0.1, 0.15) is 5.00 Å². The van der Waals surface area contributed by atoms with Crippen LogP contribution in [-0.4, -0.2) is 18.2 Å². The molecule has 0 aliphatic rings. The van der Waals surface area contributed by atoms with Crippen LogP contribution in [0.3, 0.4) is 0 Å². The molecule has 2 N–H and O–H groups in total. The Balaban J connectivity index is 1.82. The summed E-state index contributed by atoms with van der Waals surface area (Å²) in [6, 6.07) is 15.9. The molecule has 3 aromatic rings. The van der Waals surface area contributed by atoms with E-state index in [2.05, 4.69) is 22.8 Å². The normalized spacial score (nSPS) is 10.4. The first-order valence-corrected chi connectivity index (χ1v) is 8.55. The molecule has 3 rings (SSSR count). The van der Waals surface area contributed by atoms with Crippen LogP contribution in [0.2, 0.25) is 0 Å². The molecule has 0 amide bonds. The molecule has 122 valence electrons. The van der Waals surface area contributed by atoms with Gasteiger partial charge in [0, 0.05) is 16.0 Å². The minimum absolute atomic E-state index is 0.380. The highest BCUT2D eigenvalue weighted by Gasteiger charge is 2.16. The highest BCUT2D eigenvalue weighted by atomic mass is 32.1. The van der Waals surface area contributed by atoms with E-state index >= 15 is 0 Å². The molecule has 0 unspecified atom stereocenters. The number of carbonyl (C=O) groups excluding carboxylic acids is 1. The first-order valence-electron chi connectivity index (χ1n) is 7.33. The third kappa shape index (κ3) is 3.39. The van der Waals surface area contributed by atoms with Gasteiger partial charge in [-0.2, -0.15) is 0 Å². The van der Waals surface area contributed by atoms with Crippen LogP contribution in [0.25, 0.3) is 10.8 Å². The third-order valence-electron chi connectivity index (χ3n) is 3.53. The molecule has 0 fully saturated rings. The third-order valence-corrected chi connectivity index (χ3v) is 4.70. The molecular formula is C18H16N2O2S2. The van der Waals surface area contributed by atoms with E-state index in [0.717, 1.165) is 21.3 Å². The number of thiocarbonyl (C=S) groups is 1. The molecule has 4 nitrogen and oxygen atoms in total. The molecule has 6 heteroatoms. The van der Waals surface area contributed by atoms with Crippen molar-refractivity contribution >= 4 is 56.1 Å². The molecule has 0 saturated heterocycles. The SMILES string of the molecule is COC(=O)c1cc(C)sc1NC(=S)Nc1cccc2ccccc12. The van der Waals surface area contributed by atoms with Gasteiger partial charge in [-0.1, -0.05) is 36.4 Å². The van der Waals surface area contributed by atoms with Crippen LogP contribution < -0.4 is 10.6 Å². The molecular weight excluding hydrogens is 340 g/mol. The van der Waals surface area contributed by atoms with Gasteiger partial charge in [-0.3, -0.25) is 0 Å². The minimum atomic E-state index is -0.380. The first-order chi connectivity index (χ1) is 11.6. The Morgan fingerprint density at radius 1 is 1.12 bits per heavy atom. The largest absolute Gasteiger partial charge is 0.465 e. The van der Waals surface area contributed by atoms with E-state index < -0.39 is 0 Å². The van der Waals surface area contributed by atoms with Gasteiger partial charge in [-0.25, -0.2) is 4.79 Å². The molecule has 0 saturated carbocycles. The summed E-state index contributed by atoms with van der Waals surface area (Å²) >= 11 is 6.87. The quantitative estimate of drug-likeness (QED) is 0.521. The van der Waals surface area contributed by atoms with Crippen LogP contribution in [0, 0.1) is 6.92 Å². The number of ether oxygens (including phenoxy) is 1. The number of methoxy groups -OCH3 is 1. The summed E-state index contributed by atoms with van der Waals surface area (Å²) in [5.74, 6) is -0.380. The second-order valence-corrected chi connectivity index (χ2v) is 6.86. The van der Waals surface area contributed by atoms with Crippen LogP contribution in [0.15, 0.2) is 48.5 Å². The smallest absolute Gasteiger partial charge is 0.340 e. The maximum Gasteiger partial charge on any atom is 0.340 e. The van der Waals surface area contributed by atoms with E-state index in [9.17, 15) is 4.79 Å². The Labute approximate surface area is 149 Å². The van der Waals surface area contributed by atoms with Crippen molar-refractivity contribution in [2.45, 2.75) is 6.92 Å². The number of thiophene rings is 1. The van der Waals surface area contributed by atoms with E-state index in [1.807, 2.05) is 37.3 Å². The van der Waals surface area contributed by atoms with Gasteiger partial charge in [0.25, 0.3) is 0 Å². The lowest BCUT2D eigenvalue weighted by atomic mass is 10.1. The zero-order valence-electron chi connectivity index (χ0n) is 13.3. The predicted octanol–water partition coefficient (Wildman–Crippen LogP) is 4.81. The Kier molecular flexibility index (Phi) is 4.78. The number of esters is 1. The van der Waals surface area contributed by atoms with E-state index in [4.69, 9.17) is 17.0 Å². The predicted molar refractivity (Wildman–Crippen MR) is 104 cm³/mol. The maximum atomic E-state index is 11.8. The summed E-state index contributed by atoms with van der Waals surface area (Å²) in [6.07, 6.45) is 0. The molecule has 24 heavy (non-hydrogen) atoms. The topological polar surface area (TPSA) is 50.4 Å². The Bertz CT molecular complexity index is 913. The van der Waals surface area contributed by atoms with Gasteiger partial charge in [0.2, 0.25) is 0 Å². The summed E-state index contributed by atoms with van der Waals surface area (Å²) < 4.78 is 4.81. The number of rotatable bonds is 3. The summed E-state index contributed by atoms with van der Waals surface area (Å²) in [4.78, 5) is 12.8. The summed E-state index contributed by atoms with van der Waals surface area (Å²) in [5, 5.41) is 9.62. The zero-order valence-corrected chi connectivity index (χ0v) is 14.9. The minimum Gasteiger partial charge on any atom is -0.465 e. The van der Waals surface area contributed by atoms with Gasteiger partial charge in [0.15, 0.2) is 5.11 Å². The number of benzene rings is 2. The fourth-order valence-corrected chi connectivity index (χ4v) is 3.64. The lowest BCUT2D eigenvalue weighted by Gasteiger charge is -2.12. The van der Waals surface area contributed by atoms with Gasteiger partial charge < -0.3 is 15.4 Å². The number of anilines is 2. The zero-order chi connectivity index (χ0) is 17.1. The Morgan fingerprint density at radius 2 is 1.88 bits per heavy atom. The lowest BCUT2D eigenvalue weighted by Crippen LogP contribution is -2.20. The van der Waals surface area contributed by atoms with Crippen molar-refractivity contribution in [3.05, 3.63) is 59.0 Å². The molecule has 0 bridgehead atoms. The molecule has 0 aliphatic heterocycles. The van der Waals surface area contributed by atoms with Gasteiger partial charge in [-0.15, -0.1) is 11.3 Å². The number of carbonyl (C=O) groups is 1. The second-order valence-electron chi connectivity index (χ2n) is 5.20. The van der Waals surface area contributed by atoms with Crippen LogP contribution in [0.1, 0.15) is 15.2 Å². The average molecular weight is 356 g/mol. The van der Waals surface area contributed by atoms with E-state index in [1.54, 1.807) is 6.07 Å². The molecule has 0 spiro atoms. The average Bonchev–Trinajstić information content (AvgIpc) is 2.94. The fraction of sp³-hybridized carbons (Fsp3) is 0.111. The van der Waals surface area contributed by atoms with Gasteiger partial charge in [0.05, 0.1) is 12.7 Å². The molecule has 0 atom stereocenters. The van der Waals surface area contributed by atoms with Gasteiger partial charge >= 0.3 is 5.97 Å². The van der Waals surface area contributed by atoms with E-state index in [0.29, 0.717) is 15.7 Å². The van der Waals surface area contributed by atoms with Crippen molar-refractivity contribution in [2.24, 2.45) is 0 Å². The summed E-state index contributed by atoms with van der Waals surface area (Å²) in [7, 11) is 1.37. The van der Waals surface area contributed by atoms with Crippen molar-refractivity contribution in [1.82, 2.24) is 0 Å². The number of aryl methyl sites for hydroxylation is 1. The van der Waals surface area contributed by atoms with E-state index in [1.165, 1.54) is 18.4 Å². The number of hydrogen-bond donors (Lipinski definition) is 2. The first kappa shape index (κ1) is 16.4. The number of fused-ring (bicyclic) bond motifs is 1. The summed E-state index contributed by atoms with van der Waals surface area (Å²) in [6.45, 7) is 1.93. The maximum absolute atomic E-state index is 11.8. The highest BCUT2D eigenvalue weighted by Crippen LogP contribution is 2.29. The lowest BCUT2D eigenvalue weighted by molar-refractivity contribution is 0.0602. The summed E-state index contributed by atoms with van der Waals surface area (Å²) in [5.41, 5.74) is 1.40. The molecule has 1 heterocycles.